The van der Waals surface area contributed by atoms with E-state index >= 15 is 0 Å². The Hall–Kier alpha value is -2.81. The molecule has 0 bridgehead atoms. The zero-order valence-corrected chi connectivity index (χ0v) is 16.2. The number of aliphatic hydroxyl groups excluding tert-OH is 1. The van der Waals surface area contributed by atoms with Crippen molar-refractivity contribution in [3.05, 3.63) is 34.0 Å². The lowest BCUT2D eigenvalue weighted by Gasteiger charge is -2.16. The number of rotatable bonds is 8. The van der Waals surface area contributed by atoms with E-state index in [0.717, 1.165) is 0 Å². The van der Waals surface area contributed by atoms with Crippen molar-refractivity contribution in [3.8, 4) is 0 Å². The molecule has 1 aliphatic rings. The molecule has 9 heteroatoms. The van der Waals surface area contributed by atoms with Gasteiger partial charge in [-0.25, -0.2) is 9.67 Å². The minimum absolute atomic E-state index is 0.0598. The molecule has 1 aromatic rings. The van der Waals surface area contributed by atoms with Crippen LogP contribution in [0.15, 0.2) is 33.4 Å². The zero-order chi connectivity index (χ0) is 20.1. The van der Waals surface area contributed by atoms with E-state index in [-0.39, 0.29) is 47.7 Å². The third-order valence-electron chi connectivity index (χ3n) is 3.95. The smallest absolute Gasteiger partial charge is 0.294 e. The number of allylic oxidation sites excluding steroid dienone is 2. The minimum Gasteiger partial charge on any atom is -0.489 e. The second-order valence-corrected chi connectivity index (χ2v) is 6.32. The Morgan fingerprint density at radius 1 is 1.30 bits per heavy atom. The summed E-state index contributed by atoms with van der Waals surface area (Å²) in [5.41, 5.74) is 6.80. The molecule has 2 rings (SSSR count). The SMILES string of the molecule is CCn1c(NC(C)C)c(N=C2C=C(OCCO)C(=N)C=C2N)c(=O)n1CC. The number of ether oxygens (including phenoxy) is 1. The Kier molecular flexibility index (Phi) is 6.62. The molecular formula is C18H28N6O3. The standard InChI is InChI=1S/C18H28N6O3/c1-5-23-17(21-11(3)4)16(18(26)24(23)6-2)22-14-10-15(27-8-7-25)13(20)9-12(14)19/h9-11,20-21,25H,5-8,19H2,1-4H3. The first-order valence-corrected chi connectivity index (χ1v) is 9.04. The predicted molar refractivity (Wildman–Crippen MR) is 107 cm³/mol. The first-order valence-electron chi connectivity index (χ1n) is 9.04. The highest BCUT2D eigenvalue weighted by Gasteiger charge is 2.22. The lowest BCUT2D eigenvalue weighted by atomic mass is 10.1. The highest BCUT2D eigenvalue weighted by molar-refractivity contribution is 6.22. The molecule has 0 radical (unpaired) electrons. The molecule has 0 aliphatic heterocycles. The maximum absolute atomic E-state index is 12.9. The van der Waals surface area contributed by atoms with Gasteiger partial charge >= 0.3 is 0 Å². The van der Waals surface area contributed by atoms with Crippen molar-refractivity contribution < 1.29 is 9.84 Å². The monoisotopic (exact) mass is 376 g/mol. The molecule has 0 saturated carbocycles. The van der Waals surface area contributed by atoms with E-state index in [4.69, 9.17) is 21.0 Å². The summed E-state index contributed by atoms with van der Waals surface area (Å²) in [6, 6.07) is 0.111. The van der Waals surface area contributed by atoms with Crippen LogP contribution in [0.5, 0.6) is 0 Å². The summed E-state index contributed by atoms with van der Waals surface area (Å²) in [6.07, 6.45) is 2.95. The molecule has 1 heterocycles. The highest BCUT2D eigenvalue weighted by Crippen LogP contribution is 2.25. The highest BCUT2D eigenvalue weighted by atomic mass is 16.5. The van der Waals surface area contributed by atoms with Crippen LogP contribution in [0.25, 0.3) is 0 Å². The van der Waals surface area contributed by atoms with Gasteiger partial charge in [0.05, 0.1) is 23.7 Å². The molecule has 148 valence electrons. The van der Waals surface area contributed by atoms with E-state index in [9.17, 15) is 4.79 Å². The number of aliphatic imine (C=N–C) groups is 1. The lowest BCUT2D eigenvalue weighted by Crippen LogP contribution is -2.23. The van der Waals surface area contributed by atoms with E-state index in [0.29, 0.717) is 24.6 Å². The molecular weight excluding hydrogens is 348 g/mol. The quantitative estimate of drug-likeness (QED) is 0.509. The summed E-state index contributed by atoms with van der Waals surface area (Å²) in [4.78, 5) is 17.4. The van der Waals surface area contributed by atoms with Gasteiger partial charge in [0.15, 0.2) is 11.5 Å². The number of hydrogen-bond donors (Lipinski definition) is 4. The van der Waals surface area contributed by atoms with Gasteiger partial charge in [-0.3, -0.25) is 14.9 Å². The Labute approximate surface area is 158 Å². The van der Waals surface area contributed by atoms with Crippen LogP contribution >= 0.6 is 0 Å². The van der Waals surface area contributed by atoms with Gasteiger partial charge in [-0.15, -0.1) is 0 Å². The fraction of sp³-hybridized carbons (Fsp3) is 0.500. The third kappa shape index (κ3) is 4.30. The molecule has 9 nitrogen and oxygen atoms in total. The summed E-state index contributed by atoms with van der Waals surface area (Å²) in [7, 11) is 0. The van der Waals surface area contributed by atoms with E-state index < -0.39 is 0 Å². The van der Waals surface area contributed by atoms with Crippen molar-refractivity contribution in [2.45, 2.75) is 46.8 Å². The molecule has 27 heavy (non-hydrogen) atoms. The second-order valence-electron chi connectivity index (χ2n) is 6.32. The summed E-state index contributed by atoms with van der Waals surface area (Å²) >= 11 is 0. The molecule has 0 amide bonds. The van der Waals surface area contributed by atoms with Crippen molar-refractivity contribution in [2.75, 3.05) is 18.5 Å². The van der Waals surface area contributed by atoms with Crippen molar-refractivity contribution >= 4 is 22.9 Å². The fourth-order valence-corrected chi connectivity index (χ4v) is 2.81. The van der Waals surface area contributed by atoms with Crippen molar-refractivity contribution in [3.63, 3.8) is 0 Å². The number of aromatic nitrogens is 2. The number of nitrogens with one attached hydrogen (secondary N) is 2. The molecule has 5 N–H and O–H groups in total. The lowest BCUT2D eigenvalue weighted by molar-refractivity contribution is 0.156. The van der Waals surface area contributed by atoms with Crippen LogP contribution in [0.4, 0.5) is 11.5 Å². The molecule has 0 spiro atoms. The Bertz CT molecular complexity index is 857. The van der Waals surface area contributed by atoms with E-state index in [2.05, 4.69) is 10.3 Å². The fourth-order valence-electron chi connectivity index (χ4n) is 2.81. The summed E-state index contributed by atoms with van der Waals surface area (Å²) in [5.74, 6) is 0.882. The molecule has 1 aromatic heterocycles. The second kappa shape index (κ2) is 8.72. The van der Waals surface area contributed by atoms with E-state index in [1.54, 1.807) is 4.68 Å². The summed E-state index contributed by atoms with van der Waals surface area (Å²) in [6.45, 7) is 8.86. The third-order valence-corrected chi connectivity index (χ3v) is 3.95. The van der Waals surface area contributed by atoms with Gasteiger partial charge in [-0.2, -0.15) is 0 Å². The Morgan fingerprint density at radius 3 is 2.52 bits per heavy atom. The summed E-state index contributed by atoms with van der Waals surface area (Å²) < 4.78 is 8.85. The van der Waals surface area contributed by atoms with Crippen LogP contribution in [0.2, 0.25) is 0 Å². The number of nitrogens with two attached hydrogens (primary N) is 1. The van der Waals surface area contributed by atoms with Gasteiger partial charge in [0.2, 0.25) is 0 Å². The van der Waals surface area contributed by atoms with Crippen molar-refractivity contribution in [1.82, 2.24) is 9.36 Å². The molecule has 0 atom stereocenters. The predicted octanol–water partition coefficient (Wildman–Crippen LogP) is 1.35. The average molecular weight is 376 g/mol. The number of aliphatic hydroxyl groups is 1. The molecule has 0 saturated heterocycles. The van der Waals surface area contributed by atoms with Gasteiger partial charge in [0, 0.05) is 25.2 Å². The summed E-state index contributed by atoms with van der Waals surface area (Å²) in [5, 5.41) is 20.2. The van der Waals surface area contributed by atoms with Crippen LogP contribution in [0, 0.1) is 5.41 Å². The van der Waals surface area contributed by atoms with Gasteiger partial charge in [-0.1, -0.05) is 0 Å². The van der Waals surface area contributed by atoms with Crippen LogP contribution < -0.4 is 16.6 Å². The topological polar surface area (TPSA) is 131 Å². The number of hydrogen-bond acceptors (Lipinski definition) is 7. The number of nitrogens with zero attached hydrogens (tertiary/aromatic N) is 3. The van der Waals surface area contributed by atoms with Crippen LogP contribution in [-0.4, -0.2) is 45.1 Å². The first kappa shape index (κ1) is 20.5. The van der Waals surface area contributed by atoms with E-state index in [1.165, 1.54) is 12.2 Å². The van der Waals surface area contributed by atoms with Gasteiger partial charge < -0.3 is 20.9 Å². The maximum atomic E-state index is 12.9. The normalized spacial score (nSPS) is 15.9. The van der Waals surface area contributed by atoms with Crippen molar-refractivity contribution in [1.29, 1.82) is 5.41 Å². The average Bonchev–Trinajstić information content (AvgIpc) is 2.86. The van der Waals surface area contributed by atoms with Gasteiger partial charge in [0.25, 0.3) is 5.56 Å². The minimum atomic E-state index is -0.213. The first-order chi connectivity index (χ1) is 12.8. The molecule has 1 aliphatic carbocycles. The molecule has 0 fully saturated rings. The van der Waals surface area contributed by atoms with Crippen LogP contribution in [0.1, 0.15) is 27.7 Å². The van der Waals surface area contributed by atoms with Crippen LogP contribution in [0.3, 0.4) is 0 Å². The van der Waals surface area contributed by atoms with Crippen LogP contribution in [-0.2, 0) is 17.8 Å². The maximum Gasteiger partial charge on any atom is 0.294 e. The Morgan fingerprint density at radius 2 is 1.96 bits per heavy atom. The largest absolute Gasteiger partial charge is 0.489 e. The van der Waals surface area contributed by atoms with Crippen molar-refractivity contribution in [2.24, 2.45) is 10.7 Å². The number of anilines is 1. The van der Waals surface area contributed by atoms with Gasteiger partial charge in [-0.05, 0) is 33.8 Å². The molecule has 0 unspecified atom stereocenters. The van der Waals surface area contributed by atoms with Gasteiger partial charge in [0.1, 0.15) is 12.4 Å². The van der Waals surface area contributed by atoms with E-state index in [1.807, 2.05) is 32.4 Å². The molecule has 0 aromatic carbocycles. The Balaban J connectivity index is 2.61. The zero-order valence-electron chi connectivity index (χ0n) is 16.2.